The lowest BCUT2D eigenvalue weighted by atomic mass is 9.76. The highest BCUT2D eigenvalue weighted by Gasteiger charge is 2.26. The Morgan fingerprint density at radius 3 is 2.52 bits per heavy atom. The maximum atomic E-state index is 3.60. The van der Waals surface area contributed by atoms with Gasteiger partial charge in [0, 0.05) is 12.2 Å². The monoisotopic (exact) mass is 309 g/mol. The van der Waals surface area contributed by atoms with Crippen LogP contribution >= 0.6 is 0 Å². The van der Waals surface area contributed by atoms with E-state index in [0.717, 1.165) is 13.0 Å². The van der Waals surface area contributed by atoms with Crippen LogP contribution in [0.5, 0.6) is 0 Å². The van der Waals surface area contributed by atoms with Crippen molar-refractivity contribution in [1.82, 2.24) is 5.32 Å². The zero-order valence-corrected chi connectivity index (χ0v) is 14.7. The van der Waals surface area contributed by atoms with Gasteiger partial charge in [0.25, 0.3) is 0 Å². The highest BCUT2D eigenvalue weighted by molar-refractivity contribution is 5.20. The fourth-order valence-electron chi connectivity index (χ4n) is 3.15. The summed E-state index contributed by atoms with van der Waals surface area (Å²) in [5, 5.41) is 3.60. The number of hydrogen-bond acceptors (Lipinski definition) is 1. The van der Waals surface area contributed by atoms with Gasteiger partial charge in [-0.15, -0.1) is 0 Å². The van der Waals surface area contributed by atoms with E-state index >= 15 is 0 Å². The van der Waals surface area contributed by atoms with E-state index in [1.807, 2.05) is 0 Å². The van der Waals surface area contributed by atoms with Crippen LogP contribution in [0.3, 0.4) is 0 Å². The summed E-state index contributed by atoms with van der Waals surface area (Å²) in [4.78, 5) is 0. The third kappa shape index (κ3) is 6.90. The number of hydrogen-bond donors (Lipinski definition) is 1. The number of nitrogens with one attached hydrogen (secondary N) is 1. The summed E-state index contributed by atoms with van der Waals surface area (Å²) in [6.07, 6.45) is 18.6. The van der Waals surface area contributed by atoms with Crippen LogP contribution in [0.2, 0.25) is 0 Å². The summed E-state index contributed by atoms with van der Waals surface area (Å²) in [6.45, 7) is 5.69. The van der Waals surface area contributed by atoms with E-state index < -0.39 is 0 Å². The molecule has 1 aromatic rings. The molecule has 1 aromatic carbocycles. The summed E-state index contributed by atoms with van der Waals surface area (Å²) in [7, 11) is 0. The summed E-state index contributed by atoms with van der Waals surface area (Å²) in [5.74, 6) is 0. The van der Waals surface area contributed by atoms with Crippen LogP contribution in [0.4, 0.5) is 0 Å². The quantitative estimate of drug-likeness (QED) is 0.627. The van der Waals surface area contributed by atoms with Crippen LogP contribution in [0.1, 0.15) is 51.5 Å². The second-order valence-corrected chi connectivity index (χ2v) is 7.08. The Hall–Kier alpha value is -1.76. The van der Waals surface area contributed by atoms with Gasteiger partial charge in [0.15, 0.2) is 0 Å². The minimum Gasteiger partial charge on any atom is -0.388 e. The van der Waals surface area contributed by atoms with E-state index in [1.54, 1.807) is 0 Å². The summed E-state index contributed by atoms with van der Waals surface area (Å²) < 4.78 is 0. The molecule has 2 rings (SSSR count). The lowest BCUT2D eigenvalue weighted by molar-refractivity contribution is 0.213. The SMILES string of the molecule is C\C(=C/C=C\C=C/Cc1ccccc1)NCC1(C)CCCCC1. The van der Waals surface area contributed by atoms with Gasteiger partial charge in [-0.2, -0.15) is 0 Å². The zero-order valence-electron chi connectivity index (χ0n) is 14.7. The summed E-state index contributed by atoms with van der Waals surface area (Å²) in [5.41, 5.74) is 3.10. The molecule has 0 spiro atoms. The third-order valence-corrected chi connectivity index (χ3v) is 4.76. The molecule has 1 nitrogen and oxygen atoms in total. The van der Waals surface area contributed by atoms with Gasteiger partial charge in [-0.1, -0.05) is 80.8 Å². The van der Waals surface area contributed by atoms with Crippen molar-refractivity contribution in [3.8, 4) is 0 Å². The predicted octanol–water partition coefficient (Wildman–Crippen LogP) is 5.81. The van der Waals surface area contributed by atoms with Gasteiger partial charge >= 0.3 is 0 Å². The average molecular weight is 309 g/mol. The van der Waals surface area contributed by atoms with Crippen LogP contribution in [0, 0.1) is 5.41 Å². The molecular formula is C22H31N. The molecule has 0 aliphatic heterocycles. The Labute approximate surface area is 142 Å². The molecule has 124 valence electrons. The van der Waals surface area contributed by atoms with E-state index in [0.29, 0.717) is 5.41 Å². The van der Waals surface area contributed by atoms with Crippen LogP contribution in [0.25, 0.3) is 0 Å². The number of allylic oxidation sites excluding steroid dienone is 6. The smallest absolute Gasteiger partial charge is 0.0197 e. The standard InChI is InChI=1S/C22H31N/c1-20(23-19-22(2)17-11-6-12-18-22)13-7-3-4-8-14-21-15-9-5-10-16-21/h3-5,7-10,13,15-16,23H,6,11-12,14,17-19H2,1-2H3/b7-3-,8-4-,20-13+. The Kier molecular flexibility index (Phi) is 7.19. The van der Waals surface area contributed by atoms with Gasteiger partial charge in [0.1, 0.15) is 0 Å². The van der Waals surface area contributed by atoms with Crippen LogP contribution in [-0.2, 0) is 6.42 Å². The molecule has 0 atom stereocenters. The molecule has 1 saturated carbocycles. The maximum absolute atomic E-state index is 3.60. The van der Waals surface area contributed by atoms with Crippen molar-refractivity contribution in [2.45, 2.75) is 52.4 Å². The first kappa shape index (κ1) is 17.6. The molecule has 0 saturated heterocycles. The van der Waals surface area contributed by atoms with E-state index in [9.17, 15) is 0 Å². The fraction of sp³-hybridized carbons (Fsp3) is 0.455. The minimum atomic E-state index is 0.493. The van der Waals surface area contributed by atoms with Gasteiger partial charge in [0.05, 0.1) is 0 Å². The molecule has 1 aliphatic rings. The molecular weight excluding hydrogens is 278 g/mol. The fourth-order valence-corrected chi connectivity index (χ4v) is 3.15. The average Bonchev–Trinajstić information content (AvgIpc) is 2.58. The van der Waals surface area contributed by atoms with Gasteiger partial charge in [-0.3, -0.25) is 0 Å². The molecule has 0 bridgehead atoms. The van der Waals surface area contributed by atoms with Gasteiger partial charge in [-0.25, -0.2) is 0 Å². The van der Waals surface area contributed by atoms with Crippen LogP contribution < -0.4 is 5.32 Å². The first-order chi connectivity index (χ1) is 11.2. The molecule has 0 aromatic heterocycles. The highest BCUT2D eigenvalue weighted by atomic mass is 14.9. The van der Waals surface area contributed by atoms with Crippen molar-refractivity contribution >= 4 is 0 Å². The van der Waals surface area contributed by atoms with Crippen LogP contribution in [0.15, 0.2) is 66.4 Å². The molecule has 0 unspecified atom stereocenters. The van der Waals surface area contributed by atoms with Crippen molar-refractivity contribution in [3.05, 3.63) is 72.0 Å². The van der Waals surface area contributed by atoms with Gasteiger partial charge in [0.2, 0.25) is 0 Å². The van der Waals surface area contributed by atoms with Gasteiger partial charge in [-0.05, 0) is 43.2 Å². The summed E-state index contributed by atoms with van der Waals surface area (Å²) >= 11 is 0. The van der Waals surface area contributed by atoms with Crippen molar-refractivity contribution in [3.63, 3.8) is 0 Å². The second-order valence-electron chi connectivity index (χ2n) is 7.08. The third-order valence-electron chi connectivity index (χ3n) is 4.76. The molecule has 23 heavy (non-hydrogen) atoms. The largest absolute Gasteiger partial charge is 0.388 e. The van der Waals surface area contributed by atoms with Crippen molar-refractivity contribution < 1.29 is 0 Å². The molecule has 0 heterocycles. The second kappa shape index (κ2) is 9.39. The van der Waals surface area contributed by atoms with E-state index in [1.165, 1.54) is 43.4 Å². The molecule has 1 N–H and O–H groups in total. The number of benzene rings is 1. The number of rotatable bonds is 7. The Bertz CT molecular complexity index is 530. The first-order valence-electron chi connectivity index (χ1n) is 8.96. The van der Waals surface area contributed by atoms with E-state index in [4.69, 9.17) is 0 Å². The topological polar surface area (TPSA) is 12.0 Å². The lowest BCUT2D eigenvalue weighted by Crippen LogP contribution is -2.32. The van der Waals surface area contributed by atoms with Gasteiger partial charge < -0.3 is 5.32 Å². The highest BCUT2D eigenvalue weighted by Crippen LogP contribution is 2.35. The summed E-state index contributed by atoms with van der Waals surface area (Å²) in [6, 6.07) is 10.6. The van der Waals surface area contributed by atoms with E-state index in [2.05, 4.69) is 79.9 Å². The molecule has 0 radical (unpaired) electrons. The Morgan fingerprint density at radius 2 is 1.78 bits per heavy atom. The van der Waals surface area contributed by atoms with Crippen molar-refractivity contribution in [1.29, 1.82) is 0 Å². The normalized spacial score (nSPS) is 18.6. The first-order valence-corrected chi connectivity index (χ1v) is 8.96. The van der Waals surface area contributed by atoms with Crippen molar-refractivity contribution in [2.24, 2.45) is 5.41 Å². The zero-order chi connectivity index (χ0) is 16.4. The maximum Gasteiger partial charge on any atom is 0.0197 e. The van der Waals surface area contributed by atoms with E-state index in [-0.39, 0.29) is 0 Å². The Balaban J connectivity index is 1.69. The lowest BCUT2D eigenvalue weighted by Gasteiger charge is -2.34. The predicted molar refractivity (Wildman–Crippen MR) is 101 cm³/mol. The molecule has 1 heteroatoms. The van der Waals surface area contributed by atoms with Crippen LogP contribution in [-0.4, -0.2) is 6.54 Å². The molecule has 0 amide bonds. The minimum absolute atomic E-state index is 0.493. The molecule has 1 aliphatic carbocycles. The van der Waals surface area contributed by atoms with Crippen molar-refractivity contribution in [2.75, 3.05) is 6.54 Å². The Morgan fingerprint density at radius 1 is 1.04 bits per heavy atom. The molecule has 1 fully saturated rings.